The molecule has 0 radical (unpaired) electrons. The quantitative estimate of drug-likeness (QED) is 0.429. The number of para-hydroxylation sites is 1. The average molecular weight is 380 g/mol. The summed E-state index contributed by atoms with van der Waals surface area (Å²) in [6, 6.07) is 19.0. The van der Waals surface area contributed by atoms with Crippen molar-refractivity contribution >= 4 is 11.8 Å². The van der Waals surface area contributed by atoms with Crippen molar-refractivity contribution in [2.24, 2.45) is 0 Å². The summed E-state index contributed by atoms with van der Waals surface area (Å²) in [5.74, 6) is 0.810. The van der Waals surface area contributed by atoms with Gasteiger partial charge in [0.1, 0.15) is 23.9 Å². The fourth-order valence-electron chi connectivity index (χ4n) is 2.50. The molecule has 0 aliphatic heterocycles. The van der Waals surface area contributed by atoms with E-state index < -0.39 is 12.1 Å². The van der Waals surface area contributed by atoms with E-state index in [4.69, 9.17) is 18.6 Å². The van der Waals surface area contributed by atoms with Crippen LogP contribution in [0.1, 0.15) is 33.6 Å². The Hall–Kier alpha value is -3.54. The number of Topliss-reactive ketones (excluding diaryl/α,β-unsaturated/α-hetero) is 1. The highest BCUT2D eigenvalue weighted by molar-refractivity contribution is 6.01. The molecule has 3 aromatic rings. The molecule has 0 aliphatic rings. The third-order valence-corrected chi connectivity index (χ3v) is 4.01. The minimum Gasteiger partial charge on any atom is -0.497 e. The van der Waals surface area contributed by atoms with Gasteiger partial charge in [-0.05, 0) is 55.5 Å². The monoisotopic (exact) mass is 380 g/mol. The van der Waals surface area contributed by atoms with Gasteiger partial charge in [-0.1, -0.05) is 18.2 Å². The van der Waals surface area contributed by atoms with Crippen LogP contribution in [0, 0.1) is 0 Å². The largest absolute Gasteiger partial charge is 0.497 e. The van der Waals surface area contributed by atoms with Gasteiger partial charge in [0.2, 0.25) is 11.5 Å². The third-order valence-electron chi connectivity index (χ3n) is 4.01. The minimum atomic E-state index is -0.949. The van der Waals surface area contributed by atoms with Gasteiger partial charge in [-0.25, -0.2) is 4.79 Å². The highest BCUT2D eigenvalue weighted by atomic mass is 16.6. The molecule has 3 rings (SSSR count). The highest BCUT2D eigenvalue weighted by Gasteiger charge is 2.22. The molecule has 0 amide bonds. The summed E-state index contributed by atoms with van der Waals surface area (Å²) < 4.78 is 21.3. The SMILES string of the molecule is COc1ccc(C(=O)[C@H](C)OC(=O)c2ccc(COc3ccccc3)o2)cc1. The second-order valence-electron chi connectivity index (χ2n) is 6.01. The van der Waals surface area contributed by atoms with Crippen molar-refractivity contribution < 1.29 is 28.2 Å². The molecule has 1 atom stereocenters. The van der Waals surface area contributed by atoms with Crippen molar-refractivity contribution in [3.05, 3.63) is 83.8 Å². The zero-order valence-corrected chi connectivity index (χ0v) is 15.6. The minimum absolute atomic E-state index is 0.0149. The summed E-state index contributed by atoms with van der Waals surface area (Å²) in [6.45, 7) is 1.70. The Morgan fingerprint density at radius 1 is 0.929 bits per heavy atom. The van der Waals surface area contributed by atoms with Crippen molar-refractivity contribution in [2.45, 2.75) is 19.6 Å². The lowest BCUT2D eigenvalue weighted by Gasteiger charge is -2.11. The topological polar surface area (TPSA) is 75.0 Å². The standard InChI is InChI=1S/C22H20O6/c1-15(21(23)16-8-10-17(25-2)11-9-16)27-22(24)20-13-12-19(28-20)14-26-18-6-4-3-5-7-18/h3-13,15H,14H2,1-2H3/t15-/m0/s1. The molecule has 0 spiro atoms. The first-order chi connectivity index (χ1) is 13.6. The fraction of sp³-hybridized carbons (Fsp3) is 0.182. The zero-order valence-electron chi connectivity index (χ0n) is 15.6. The smallest absolute Gasteiger partial charge is 0.374 e. The Balaban J connectivity index is 1.56. The molecule has 1 heterocycles. The predicted molar refractivity (Wildman–Crippen MR) is 102 cm³/mol. The number of hydrogen-bond donors (Lipinski definition) is 0. The van der Waals surface area contributed by atoms with Gasteiger partial charge >= 0.3 is 5.97 Å². The molecule has 0 saturated carbocycles. The van der Waals surface area contributed by atoms with Crippen LogP contribution in [0.4, 0.5) is 0 Å². The highest BCUT2D eigenvalue weighted by Crippen LogP contribution is 2.17. The summed E-state index contributed by atoms with van der Waals surface area (Å²) in [6.07, 6.45) is -0.949. The number of benzene rings is 2. The molecule has 0 bridgehead atoms. The second kappa shape index (κ2) is 8.90. The lowest BCUT2D eigenvalue weighted by Crippen LogP contribution is -2.24. The number of carbonyl (C=O) groups excluding carboxylic acids is 2. The fourth-order valence-corrected chi connectivity index (χ4v) is 2.50. The maximum atomic E-state index is 12.4. The average Bonchev–Trinajstić information content (AvgIpc) is 3.22. The number of rotatable bonds is 8. The van der Waals surface area contributed by atoms with Gasteiger partial charge in [0.05, 0.1) is 7.11 Å². The van der Waals surface area contributed by atoms with Crippen molar-refractivity contribution in [3.8, 4) is 11.5 Å². The van der Waals surface area contributed by atoms with Gasteiger partial charge in [-0.2, -0.15) is 0 Å². The van der Waals surface area contributed by atoms with Crippen LogP contribution >= 0.6 is 0 Å². The van der Waals surface area contributed by atoms with Crippen LogP contribution in [0.5, 0.6) is 11.5 Å². The maximum Gasteiger partial charge on any atom is 0.374 e. The van der Waals surface area contributed by atoms with Crippen LogP contribution in [0.2, 0.25) is 0 Å². The zero-order chi connectivity index (χ0) is 19.9. The van der Waals surface area contributed by atoms with Gasteiger partial charge in [-0.15, -0.1) is 0 Å². The summed E-state index contributed by atoms with van der Waals surface area (Å²) >= 11 is 0. The van der Waals surface area contributed by atoms with E-state index in [0.717, 1.165) is 0 Å². The van der Waals surface area contributed by atoms with Crippen molar-refractivity contribution in [3.63, 3.8) is 0 Å². The number of ketones is 1. The van der Waals surface area contributed by atoms with Gasteiger partial charge in [0.15, 0.2) is 6.10 Å². The number of carbonyl (C=O) groups is 2. The van der Waals surface area contributed by atoms with Crippen molar-refractivity contribution in [1.82, 2.24) is 0 Å². The molecule has 0 saturated heterocycles. The molecule has 0 unspecified atom stereocenters. The number of ether oxygens (including phenoxy) is 3. The molecular formula is C22H20O6. The van der Waals surface area contributed by atoms with E-state index in [1.165, 1.54) is 13.0 Å². The summed E-state index contributed by atoms with van der Waals surface area (Å²) in [5.41, 5.74) is 0.428. The first-order valence-electron chi connectivity index (χ1n) is 8.72. The molecule has 1 aromatic heterocycles. The number of esters is 1. The Morgan fingerprint density at radius 3 is 2.32 bits per heavy atom. The summed E-state index contributed by atoms with van der Waals surface area (Å²) in [5, 5.41) is 0. The molecule has 2 aromatic carbocycles. The number of furan rings is 1. The third kappa shape index (κ3) is 4.79. The van der Waals surface area contributed by atoms with Crippen molar-refractivity contribution in [1.29, 1.82) is 0 Å². The van der Waals surface area contributed by atoms with E-state index in [2.05, 4.69) is 0 Å². The molecule has 0 aliphatic carbocycles. The van der Waals surface area contributed by atoms with Crippen LogP contribution in [-0.2, 0) is 11.3 Å². The summed E-state index contributed by atoms with van der Waals surface area (Å²) in [7, 11) is 1.55. The molecular weight excluding hydrogens is 360 g/mol. The van der Waals surface area contributed by atoms with Crippen LogP contribution in [0.25, 0.3) is 0 Å². The molecule has 144 valence electrons. The Bertz CT molecular complexity index is 927. The molecule has 28 heavy (non-hydrogen) atoms. The number of methoxy groups -OCH3 is 1. The lowest BCUT2D eigenvalue weighted by atomic mass is 10.1. The van der Waals surface area contributed by atoms with E-state index in [1.807, 2.05) is 30.3 Å². The number of hydrogen-bond acceptors (Lipinski definition) is 6. The van der Waals surface area contributed by atoms with Crippen molar-refractivity contribution in [2.75, 3.05) is 7.11 Å². The Morgan fingerprint density at radius 2 is 1.64 bits per heavy atom. The van der Waals surface area contributed by atoms with Crippen LogP contribution < -0.4 is 9.47 Å². The van der Waals surface area contributed by atoms with Gasteiger partial charge in [0, 0.05) is 5.56 Å². The van der Waals surface area contributed by atoms with E-state index in [1.54, 1.807) is 37.4 Å². The first-order valence-corrected chi connectivity index (χ1v) is 8.72. The summed E-state index contributed by atoms with van der Waals surface area (Å²) in [4.78, 5) is 24.7. The lowest BCUT2D eigenvalue weighted by molar-refractivity contribution is 0.0286. The van der Waals surface area contributed by atoms with Gasteiger partial charge < -0.3 is 18.6 Å². The Labute approximate surface area is 162 Å². The second-order valence-corrected chi connectivity index (χ2v) is 6.01. The van der Waals surface area contributed by atoms with Crippen LogP contribution in [-0.4, -0.2) is 25.0 Å². The molecule has 6 nitrogen and oxygen atoms in total. The van der Waals surface area contributed by atoms with Gasteiger partial charge in [0.25, 0.3) is 0 Å². The maximum absolute atomic E-state index is 12.4. The van der Waals surface area contributed by atoms with E-state index >= 15 is 0 Å². The molecule has 0 N–H and O–H groups in total. The molecule has 0 fully saturated rings. The van der Waals surface area contributed by atoms with E-state index in [9.17, 15) is 9.59 Å². The predicted octanol–water partition coefficient (Wildman–Crippen LogP) is 4.30. The van der Waals surface area contributed by atoms with E-state index in [0.29, 0.717) is 22.8 Å². The van der Waals surface area contributed by atoms with Gasteiger partial charge in [-0.3, -0.25) is 4.79 Å². The molecule has 6 heteroatoms. The van der Waals surface area contributed by atoms with Crippen LogP contribution in [0.3, 0.4) is 0 Å². The van der Waals surface area contributed by atoms with Crippen LogP contribution in [0.15, 0.2) is 71.1 Å². The first kappa shape index (κ1) is 19.2. The normalized spacial score (nSPS) is 11.5. The van der Waals surface area contributed by atoms with E-state index in [-0.39, 0.29) is 18.2 Å². The Kier molecular flexibility index (Phi) is 6.11.